The number of imide groups is 2. The van der Waals surface area contributed by atoms with E-state index >= 15 is 0 Å². The van der Waals surface area contributed by atoms with Gasteiger partial charge in [0, 0.05) is 75.5 Å². The fourth-order valence-corrected chi connectivity index (χ4v) is 11.4. The zero-order valence-corrected chi connectivity index (χ0v) is 56.8. The van der Waals surface area contributed by atoms with Gasteiger partial charge in [0.05, 0.1) is 130 Å². The standard InChI is InChI=1S/C67H85N17O17/c1-5-82-53(36-41(3)78-82)62(91)76-66-73-48-38-43(59(68)88)10-12-50(48)80(66)22-16-45(17-23-81-51-13-11-44(60(69)89)39-49(51)74-67(81)77-63(92)54-37-42(4)79-83(54)6-2)101-40-57(87)72-21-27-98-31-33-100-35-34-99-32-28-95-24-18-55(85)71-20-26-97-30-29-96-25-19-70-47-9-7-8-46-58(47)65(94)84(64(46)93)52-14-15-56(86)75-61(52)90/h7-13,36-39,45,52,70H,5-6,14-35,40H2,1-4H3,(H2,68,88)(H2,69,89)(H,71,85)(H,72,87)(H,73,76,91)(H,74,77,92)(H,75,86,90). The predicted molar refractivity (Wildman–Crippen MR) is 364 cm³/mol. The minimum Gasteiger partial charge on any atom is -0.382 e. The van der Waals surface area contributed by atoms with Gasteiger partial charge in [-0.25, -0.2) is 9.97 Å². The van der Waals surface area contributed by atoms with Crippen molar-refractivity contribution in [2.45, 2.75) is 98.1 Å². The number of benzene rings is 3. The molecule has 6 heterocycles. The molecule has 540 valence electrons. The third-order valence-corrected chi connectivity index (χ3v) is 16.3. The number of nitrogens with one attached hydrogen (secondary N) is 6. The van der Waals surface area contributed by atoms with Crippen LogP contribution in [-0.2, 0) is 78.5 Å². The maximum Gasteiger partial charge on any atom is 0.276 e. The number of aromatic nitrogens is 8. The minimum atomic E-state index is -1.05. The van der Waals surface area contributed by atoms with Crippen LogP contribution in [0.15, 0.2) is 66.7 Å². The summed E-state index contributed by atoms with van der Waals surface area (Å²) in [5, 5.41) is 25.6. The summed E-state index contributed by atoms with van der Waals surface area (Å²) in [7, 11) is 0. The second-order valence-electron chi connectivity index (χ2n) is 23.4. The van der Waals surface area contributed by atoms with E-state index in [-0.39, 0.29) is 158 Å². The summed E-state index contributed by atoms with van der Waals surface area (Å²) in [5.74, 6) is -4.81. The number of rotatable bonds is 43. The summed E-state index contributed by atoms with van der Waals surface area (Å²) in [5.41, 5.74) is 16.4. The molecule has 0 saturated carbocycles. The molecule has 34 nitrogen and oxygen atoms in total. The van der Waals surface area contributed by atoms with E-state index in [9.17, 15) is 47.9 Å². The number of carbonyl (C=O) groups is 10. The van der Waals surface area contributed by atoms with Crippen molar-refractivity contribution in [2.24, 2.45) is 11.5 Å². The van der Waals surface area contributed by atoms with Crippen LogP contribution in [0.3, 0.4) is 0 Å². The Morgan fingerprint density at radius 2 is 1.08 bits per heavy atom. The van der Waals surface area contributed by atoms with Crippen molar-refractivity contribution >= 4 is 98.7 Å². The van der Waals surface area contributed by atoms with E-state index in [1.165, 1.54) is 18.2 Å². The minimum absolute atomic E-state index is 0.0310. The van der Waals surface area contributed by atoms with Gasteiger partial charge >= 0.3 is 0 Å². The maximum absolute atomic E-state index is 13.8. The first-order chi connectivity index (χ1) is 48.8. The van der Waals surface area contributed by atoms with Gasteiger partial charge in [-0.15, -0.1) is 0 Å². The van der Waals surface area contributed by atoms with Crippen molar-refractivity contribution in [3.63, 3.8) is 0 Å². The van der Waals surface area contributed by atoms with Gasteiger partial charge in [0.2, 0.25) is 47.3 Å². The number of hydrogen-bond donors (Lipinski definition) is 8. The number of hydrogen-bond acceptors (Lipinski definition) is 22. The topological polar surface area (TPSA) is 434 Å². The van der Waals surface area contributed by atoms with E-state index in [2.05, 4.69) is 42.1 Å². The number of carbonyl (C=O) groups excluding carboxylic acids is 10. The van der Waals surface area contributed by atoms with Crippen LogP contribution < -0.4 is 43.4 Å². The van der Waals surface area contributed by atoms with E-state index < -0.39 is 65.3 Å². The molecule has 0 aliphatic carbocycles. The smallest absolute Gasteiger partial charge is 0.276 e. The lowest BCUT2D eigenvalue weighted by atomic mass is 10.0. The Balaban J connectivity index is 0.653. The third kappa shape index (κ3) is 20.2. The second-order valence-corrected chi connectivity index (χ2v) is 23.4. The lowest BCUT2D eigenvalue weighted by molar-refractivity contribution is -0.136. The van der Waals surface area contributed by atoms with Gasteiger partial charge in [-0.1, -0.05) is 6.07 Å². The molecule has 2 aliphatic rings. The number of fused-ring (bicyclic) bond motifs is 3. The first-order valence-corrected chi connectivity index (χ1v) is 33.3. The predicted octanol–water partition coefficient (Wildman–Crippen LogP) is 2.24. The van der Waals surface area contributed by atoms with Crippen LogP contribution in [0.4, 0.5) is 17.6 Å². The van der Waals surface area contributed by atoms with E-state index in [0.29, 0.717) is 96.5 Å². The van der Waals surface area contributed by atoms with Crippen molar-refractivity contribution < 1.29 is 81.1 Å². The summed E-state index contributed by atoms with van der Waals surface area (Å²) in [6, 6.07) is 16.7. The Labute approximate surface area is 580 Å². The van der Waals surface area contributed by atoms with Crippen LogP contribution in [0.25, 0.3) is 22.1 Å². The van der Waals surface area contributed by atoms with Gasteiger partial charge < -0.3 is 69.7 Å². The zero-order chi connectivity index (χ0) is 72.0. The molecular weight excluding hydrogens is 1310 g/mol. The highest BCUT2D eigenvalue weighted by molar-refractivity contribution is 6.25. The van der Waals surface area contributed by atoms with Crippen LogP contribution in [0.5, 0.6) is 0 Å². The molecule has 101 heavy (non-hydrogen) atoms. The van der Waals surface area contributed by atoms with Crippen LogP contribution in [0.2, 0.25) is 0 Å². The second kappa shape index (κ2) is 36.6. The van der Waals surface area contributed by atoms with Crippen LogP contribution in [-0.4, -0.2) is 220 Å². The first kappa shape index (κ1) is 74.9. The molecule has 0 spiro atoms. The highest BCUT2D eigenvalue weighted by atomic mass is 16.6. The zero-order valence-electron chi connectivity index (χ0n) is 56.8. The molecular formula is C67H85N17O17. The van der Waals surface area contributed by atoms with Crippen molar-refractivity contribution in [3.8, 4) is 0 Å². The number of nitrogens with two attached hydrogens (primary N) is 2. The van der Waals surface area contributed by atoms with Crippen molar-refractivity contribution in [1.82, 2.24) is 59.5 Å². The monoisotopic (exact) mass is 1400 g/mol. The molecule has 0 radical (unpaired) electrons. The first-order valence-electron chi connectivity index (χ1n) is 33.3. The molecule has 1 saturated heterocycles. The van der Waals surface area contributed by atoms with Crippen molar-refractivity contribution in [3.05, 3.63) is 112 Å². The fourth-order valence-electron chi connectivity index (χ4n) is 11.4. The molecule has 1 fully saturated rings. The van der Waals surface area contributed by atoms with Crippen LogP contribution >= 0.6 is 0 Å². The molecule has 9 rings (SSSR count). The number of primary amides is 2. The van der Waals surface area contributed by atoms with Gasteiger partial charge in [0.25, 0.3) is 23.6 Å². The Morgan fingerprint density at radius 1 is 0.594 bits per heavy atom. The lowest BCUT2D eigenvalue weighted by Crippen LogP contribution is -2.54. The highest BCUT2D eigenvalue weighted by Gasteiger charge is 2.45. The molecule has 4 aromatic heterocycles. The number of anilines is 3. The molecule has 34 heteroatoms. The van der Waals surface area contributed by atoms with Crippen molar-refractivity contribution in [2.75, 3.05) is 121 Å². The van der Waals surface area contributed by atoms with Gasteiger partial charge in [0.15, 0.2) is 0 Å². The number of aryl methyl sites for hydroxylation is 6. The Morgan fingerprint density at radius 3 is 1.57 bits per heavy atom. The average molecular weight is 1400 g/mol. The molecule has 2 aliphatic heterocycles. The quantitative estimate of drug-likeness (QED) is 0.0201. The fraction of sp³-hybridized carbons (Fsp3) is 0.463. The summed E-state index contributed by atoms with van der Waals surface area (Å²) in [4.78, 5) is 139. The number of ether oxygens (including phenoxy) is 7. The summed E-state index contributed by atoms with van der Waals surface area (Å²) in [6.45, 7) is 12.2. The Bertz CT molecular complexity index is 3980. The number of amides is 10. The molecule has 3 aromatic carbocycles. The SMILES string of the molecule is CCn1nc(C)cc1C(=O)Nc1nc2cc(C(N)=O)ccc2n1CCC(CCn1c(NC(=O)c2cc(C)nn2CC)nc2cc(C(N)=O)ccc21)OCC(=O)NCCOCCOCCOCCOCCC(=O)NCCOCCOCCNc1cccc2c1C(=O)N(C1CCC(=O)NC1=O)C2=O. The van der Waals surface area contributed by atoms with E-state index in [1.54, 1.807) is 80.9 Å². The van der Waals surface area contributed by atoms with Gasteiger partial charge in [-0.2, -0.15) is 10.2 Å². The van der Waals surface area contributed by atoms with E-state index in [1.807, 2.05) is 13.8 Å². The van der Waals surface area contributed by atoms with E-state index in [4.69, 9.17) is 54.6 Å². The molecule has 1 unspecified atom stereocenters. The Kier molecular flexibility index (Phi) is 27.2. The van der Waals surface area contributed by atoms with Gasteiger partial charge in [-0.3, -0.25) is 78.2 Å². The molecule has 0 bridgehead atoms. The molecule has 10 N–H and O–H groups in total. The van der Waals surface area contributed by atoms with Crippen molar-refractivity contribution in [1.29, 1.82) is 0 Å². The number of imidazole rings is 2. The Hall–Kier alpha value is -10.4. The van der Waals surface area contributed by atoms with Crippen LogP contribution in [0.1, 0.15) is 120 Å². The lowest BCUT2D eigenvalue weighted by Gasteiger charge is -2.27. The largest absolute Gasteiger partial charge is 0.382 e. The normalized spacial score (nSPS) is 13.7. The van der Waals surface area contributed by atoms with Gasteiger partial charge in [0.1, 0.15) is 24.0 Å². The maximum atomic E-state index is 13.8. The van der Waals surface area contributed by atoms with Crippen LogP contribution in [0, 0.1) is 13.8 Å². The molecule has 1 atom stereocenters. The summed E-state index contributed by atoms with van der Waals surface area (Å²) >= 11 is 0. The average Bonchev–Trinajstić information content (AvgIpc) is 1.62. The third-order valence-electron chi connectivity index (χ3n) is 16.3. The summed E-state index contributed by atoms with van der Waals surface area (Å²) in [6.07, 6.45) is 0.0932. The number of piperidine rings is 1. The highest BCUT2D eigenvalue weighted by Crippen LogP contribution is 2.33. The van der Waals surface area contributed by atoms with Gasteiger partial charge in [-0.05, 0) is 108 Å². The summed E-state index contributed by atoms with van der Waals surface area (Å²) < 4.78 is 46.6. The van der Waals surface area contributed by atoms with E-state index in [0.717, 1.165) is 4.90 Å². The molecule has 7 aromatic rings. The molecule has 10 amide bonds. The number of nitrogens with zero attached hydrogens (tertiary/aromatic N) is 9.